The van der Waals surface area contributed by atoms with Gasteiger partial charge in [0.1, 0.15) is 12.6 Å². The molecule has 0 heterocycles. The summed E-state index contributed by atoms with van der Waals surface area (Å²) in [5.41, 5.74) is 0.797. The molecule has 0 radical (unpaired) electrons. The Hall–Kier alpha value is -2.34. The van der Waals surface area contributed by atoms with Crippen LogP contribution in [0.2, 0.25) is 10.0 Å². The number of benzene rings is 3. The summed E-state index contributed by atoms with van der Waals surface area (Å²) in [6.07, 6.45) is 1.01. The molecule has 40 heavy (non-hydrogen) atoms. The molecule has 0 spiro atoms. The van der Waals surface area contributed by atoms with Crippen LogP contribution >= 0.6 is 45.8 Å². The minimum Gasteiger partial charge on any atom is -0.352 e. The molecule has 3 rings (SSSR count). The molecule has 0 saturated heterocycles. The Bertz CT molecular complexity index is 1400. The number of nitrogens with zero attached hydrogens (tertiary/aromatic N) is 2. The van der Waals surface area contributed by atoms with Gasteiger partial charge in [0.2, 0.25) is 11.8 Å². The highest BCUT2D eigenvalue weighted by Gasteiger charge is 2.34. The zero-order valence-electron chi connectivity index (χ0n) is 22.5. The van der Waals surface area contributed by atoms with Gasteiger partial charge in [0, 0.05) is 31.8 Å². The number of amides is 2. The van der Waals surface area contributed by atoms with E-state index in [1.807, 2.05) is 13.8 Å². The second kappa shape index (κ2) is 14.5. The average molecular weight is 716 g/mol. The van der Waals surface area contributed by atoms with Crippen LogP contribution in [0.1, 0.15) is 39.2 Å². The van der Waals surface area contributed by atoms with Crippen LogP contribution in [0.15, 0.2) is 77.7 Å². The summed E-state index contributed by atoms with van der Waals surface area (Å²) in [5.74, 6) is -0.902. The second-order valence-electron chi connectivity index (χ2n) is 9.26. The fraction of sp³-hybridized carbons (Fsp3) is 0.310. The van der Waals surface area contributed by atoms with E-state index < -0.39 is 28.5 Å². The smallest absolute Gasteiger partial charge is 0.264 e. The van der Waals surface area contributed by atoms with Crippen LogP contribution in [0.3, 0.4) is 0 Å². The quantitative estimate of drug-likeness (QED) is 0.217. The van der Waals surface area contributed by atoms with E-state index in [2.05, 4.69) is 27.9 Å². The predicted octanol–water partition coefficient (Wildman–Crippen LogP) is 6.52. The third kappa shape index (κ3) is 7.90. The summed E-state index contributed by atoms with van der Waals surface area (Å²) < 4.78 is 29.6. The lowest BCUT2D eigenvalue weighted by atomic mass is 10.1. The van der Waals surface area contributed by atoms with Gasteiger partial charge in [-0.25, -0.2) is 8.42 Å². The van der Waals surface area contributed by atoms with Crippen molar-refractivity contribution < 1.29 is 18.0 Å². The summed E-state index contributed by atoms with van der Waals surface area (Å²) in [5, 5.41) is 3.63. The molecule has 2 atom stereocenters. The molecule has 0 bridgehead atoms. The molecule has 0 saturated carbocycles. The van der Waals surface area contributed by atoms with E-state index in [0.29, 0.717) is 34.1 Å². The van der Waals surface area contributed by atoms with E-state index >= 15 is 0 Å². The Labute approximate surface area is 260 Å². The van der Waals surface area contributed by atoms with Crippen LogP contribution in [-0.4, -0.2) is 43.8 Å². The van der Waals surface area contributed by atoms with Crippen LogP contribution in [0.25, 0.3) is 0 Å². The van der Waals surface area contributed by atoms with Gasteiger partial charge in [-0.15, -0.1) is 0 Å². The maximum absolute atomic E-state index is 14.1. The first-order valence-electron chi connectivity index (χ1n) is 12.9. The molecule has 2 amide bonds. The zero-order valence-corrected chi connectivity index (χ0v) is 27.0. The number of rotatable bonds is 12. The summed E-state index contributed by atoms with van der Waals surface area (Å²) in [6, 6.07) is 18.8. The van der Waals surface area contributed by atoms with Crippen molar-refractivity contribution in [1.29, 1.82) is 0 Å². The lowest BCUT2D eigenvalue weighted by Gasteiger charge is -2.34. The van der Waals surface area contributed by atoms with Gasteiger partial charge in [0.05, 0.1) is 10.6 Å². The number of hydrogen-bond acceptors (Lipinski definition) is 4. The molecule has 0 unspecified atom stereocenters. The highest BCUT2D eigenvalue weighted by molar-refractivity contribution is 14.1. The van der Waals surface area contributed by atoms with Crippen molar-refractivity contribution in [3.8, 4) is 0 Å². The Kier molecular flexibility index (Phi) is 11.7. The van der Waals surface area contributed by atoms with Gasteiger partial charge in [-0.3, -0.25) is 13.9 Å². The minimum atomic E-state index is -4.13. The number of carbonyl (C=O) groups excluding carboxylic acids is 2. The van der Waals surface area contributed by atoms with E-state index in [0.717, 1.165) is 7.88 Å². The van der Waals surface area contributed by atoms with Gasteiger partial charge in [0.15, 0.2) is 0 Å². The van der Waals surface area contributed by atoms with E-state index in [-0.39, 0.29) is 23.4 Å². The fourth-order valence-electron chi connectivity index (χ4n) is 4.07. The Morgan fingerprint density at radius 3 is 2.05 bits per heavy atom. The summed E-state index contributed by atoms with van der Waals surface area (Å²) in [6.45, 7) is 5.02. The summed E-state index contributed by atoms with van der Waals surface area (Å²) >= 11 is 15.0. The SMILES string of the molecule is CC[C@H](C(=O)N[C@@H](C)CC)N(Cc1c(Cl)cccc1Cl)C(=O)CN(c1ccc(I)cc1)S(=O)(=O)c1ccccc1. The molecule has 3 aromatic carbocycles. The Balaban J connectivity index is 2.08. The van der Waals surface area contributed by atoms with Crippen molar-refractivity contribution in [1.82, 2.24) is 10.2 Å². The normalized spacial score (nSPS) is 12.8. The topological polar surface area (TPSA) is 86.8 Å². The van der Waals surface area contributed by atoms with Crippen LogP contribution in [0.4, 0.5) is 5.69 Å². The Morgan fingerprint density at radius 2 is 1.50 bits per heavy atom. The summed E-state index contributed by atoms with van der Waals surface area (Å²) in [4.78, 5) is 28.9. The molecular formula is C29H32Cl2IN3O4S. The number of carbonyl (C=O) groups is 2. The number of anilines is 1. The van der Waals surface area contributed by atoms with Gasteiger partial charge < -0.3 is 10.2 Å². The van der Waals surface area contributed by atoms with Gasteiger partial charge in [-0.05, 0) is 90.9 Å². The zero-order chi connectivity index (χ0) is 29.4. The first-order chi connectivity index (χ1) is 19.0. The van der Waals surface area contributed by atoms with E-state index in [1.165, 1.54) is 17.0 Å². The van der Waals surface area contributed by atoms with Crippen molar-refractivity contribution >= 4 is 73.3 Å². The first kappa shape index (κ1) is 32.2. The average Bonchev–Trinajstić information content (AvgIpc) is 2.93. The number of hydrogen-bond donors (Lipinski definition) is 1. The first-order valence-corrected chi connectivity index (χ1v) is 16.1. The van der Waals surface area contributed by atoms with Gasteiger partial charge >= 0.3 is 0 Å². The van der Waals surface area contributed by atoms with Crippen LogP contribution in [0, 0.1) is 3.57 Å². The van der Waals surface area contributed by atoms with E-state index in [1.54, 1.807) is 67.6 Å². The third-order valence-corrected chi connectivity index (χ3v) is 9.72. The highest BCUT2D eigenvalue weighted by atomic mass is 127. The third-order valence-electron chi connectivity index (χ3n) is 6.50. The van der Waals surface area contributed by atoms with Gasteiger partial charge in [-0.2, -0.15) is 0 Å². The number of halogens is 3. The van der Waals surface area contributed by atoms with Crippen LogP contribution in [-0.2, 0) is 26.2 Å². The Morgan fingerprint density at radius 1 is 0.900 bits per heavy atom. The van der Waals surface area contributed by atoms with Crippen molar-refractivity contribution in [3.63, 3.8) is 0 Å². The molecule has 0 aromatic heterocycles. The molecule has 214 valence electrons. The molecular weight excluding hydrogens is 684 g/mol. The molecule has 3 aromatic rings. The lowest BCUT2D eigenvalue weighted by molar-refractivity contribution is -0.140. The van der Waals surface area contributed by atoms with Gasteiger partial charge in [0.25, 0.3) is 10.0 Å². The van der Waals surface area contributed by atoms with Crippen molar-refractivity contribution in [2.45, 2.75) is 57.1 Å². The molecule has 0 aliphatic heterocycles. The molecule has 7 nitrogen and oxygen atoms in total. The van der Waals surface area contributed by atoms with E-state index in [4.69, 9.17) is 23.2 Å². The second-order valence-corrected chi connectivity index (χ2v) is 13.2. The lowest BCUT2D eigenvalue weighted by Crippen LogP contribution is -2.53. The molecule has 1 N–H and O–H groups in total. The minimum absolute atomic E-state index is 0.0450. The monoisotopic (exact) mass is 715 g/mol. The van der Waals surface area contributed by atoms with Crippen molar-refractivity contribution in [3.05, 3.63) is 92.0 Å². The van der Waals surface area contributed by atoms with Crippen molar-refractivity contribution in [2.24, 2.45) is 0 Å². The standard InChI is InChI=1S/C29H32Cl2IN3O4S/c1-4-20(3)33-29(37)27(5-2)34(18-24-25(30)12-9-13-26(24)31)28(36)19-35(22-16-14-21(32)15-17-22)40(38,39)23-10-7-6-8-11-23/h6-17,20,27H,4-5,18-19H2,1-3H3,(H,33,37)/t20-,27+/m0/s1. The summed E-state index contributed by atoms with van der Waals surface area (Å²) in [7, 11) is -4.13. The van der Waals surface area contributed by atoms with Crippen molar-refractivity contribution in [2.75, 3.05) is 10.8 Å². The molecule has 0 fully saturated rings. The number of sulfonamides is 1. The number of nitrogens with one attached hydrogen (secondary N) is 1. The highest BCUT2D eigenvalue weighted by Crippen LogP contribution is 2.29. The maximum atomic E-state index is 14.1. The maximum Gasteiger partial charge on any atom is 0.264 e. The largest absolute Gasteiger partial charge is 0.352 e. The molecule has 0 aliphatic rings. The van der Waals surface area contributed by atoms with Gasteiger partial charge in [-0.1, -0.05) is 61.3 Å². The predicted molar refractivity (Wildman–Crippen MR) is 169 cm³/mol. The molecule has 11 heteroatoms. The fourth-order valence-corrected chi connectivity index (χ4v) is 6.38. The van der Waals surface area contributed by atoms with Crippen LogP contribution in [0.5, 0.6) is 0 Å². The van der Waals surface area contributed by atoms with E-state index in [9.17, 15) is 18.0 Å². The van der Waals surface area contributed by atoms with Crippen LogP contribution < -0.4 is 9.62 Å². The molecule has 0 aliphatic carbocycles.